The first kappa shape index (κ1) is 20.7. The van der Waals surface area contributed by atoms with Crippen LogP contribution in [0.25, 0.3) is 0 Å². The van der Waals surface area contributed by atoms with Crippen LogP contribution >= 0.6 is 0 Å². The van der Waals surface area contributed by atoms with E-state index in [-0.39, 0.29) is 5.91 Å². The van der Waals surface area contributed by atoms with E-state index in [1.165, 1.54) is 0 Å². The average molecular weight is 388 g/mol. The third-order valence-corrected chi connectivity index (χ3v) is 4.98. The molecule has 3 nitrogen and oxygen atoms in total. The molecule has 0 atom stereocenters. The van der Waals surface area contributed by atoms with E-state index in [9.17, 15) is 4.79 Å². The van der Waals surface area contributed by atoms with Crippen LogP contribution in [0.15, 0.2) is 78.9 Å². The third-order valence-electron chi connectivity index (χ3n) is 4.98. The van der Waals surface area contributed by atoms with Crippen LogP contribution in [0.3, 0.4) is 0 Å². The molecule has 0 aliphatic carbocycles. The number of para-hydroxylation sites is 1. The van der Waals surface area contributed by atoms with Gasteiger partial charge in [-0.05, 0) is 42.5 Å². The number of rotatable bonds is 9. The number of ether oxygens (including phenoxy) is 1. The fourth-order valence-electron chi connectivity index (χ4n) is 3.42. The molecule has 0 heterocycles. The number of hydrogen-bond acceptors (Lipinski definition) is 2. The fourth-order valence-corrected chi connectivity index (χ4v) is 3.42. The Kier molecular flexibility index (Phi) is 7.46. The van der Waals surface area contributed by atoms with Crippen molar-refractivity contribution in [2.75, 3.05) is 6.61 Å². The first-order chi connectivity index (χ1) is 14.1. The van der Waals surface area contributed by atoms with E-state index < -0.39 is 0 Å². The summed E-state index contributed by atoms with van der Waals surface area (Å²) in [6, 6.07) is 26.4. The van der Waals surface area contributed by atoms with Crippen molar-refractivity contribution in [1.29, 1.82) is 0 Å². The Bertz CT molecular complexity index is 845. The number of nitrogens with zero attached hydrogens (tertiary/aromatic N) is 1. The van der Waals surface area contributed by atoms with Crippen LogP contribution in [-0.2, 0) is 17.9 Å². The largest absolute Gasteiger partial charge is 0.493 e. The maximum Gasteiger partial charge on any atom is 0.223 e. The fraction of sp³-hybridized carbons (Fsp3) is 0.269. The molecule has 0 aliphatic heterocycles. The molecule has 0 saturated heterocycles. The highest BCUT2D eigenvalue weighted by Crippen LogP contribution is 2.22. The summed E-state index contributed by atoms with van der Waals surface area (Å²) in [4.78, 5) is 14.9. The molecule has 0 radical (unpaired) electrons. The number of aryl methyl sites for hydroxylation is 2. The smallest absolute Gasteiger partial charge is 0.223 e. The Balaban J connectivity index is 1.58. The molecule has 1 amide bonds. The van der Waals surface area contributed by atoms with E-state index in [4.69, 9.17) is 4.74 Å². The zero-order valence-electron chi connectivity index (χ0n) is 17.3. The van der Waals surface area contributed by atoms with Crippen LogP contribution < -0.4 is 4.74 Å². The van der Waals surface area contributed by atoms with Crippen molar-refractivity contribution in [3.8, 4) is 5.75 Å². The summed E-state index contributed by atoms with van der Waals surface area (Å²) in [5.41, 5.74) is 4.55. The van der Waals surface area contributed by atoms with E-state index in [0.29, 0.717) is 32.5 Å². The predicted octanol–water partition coefficient (Wildman–Crippen LogP) is 5.69. The lowest BCUT2D eigenvalue weighted by atomic mass is 10.1. The predicted molar refractivity (Wildman–Crippen MR) is 118 cm³/mol. The number of hydrogen-bond donors (Lipinski definition) is 0. The topological polar surface area (TPSA) is 29.5 Å². The van der Waals surface area contributed by atoms with Gasteiger partial charge in [0.2, 0.25) is 5.91 Å². The van der Waals surface area contributed by atoms with Crippen LogP contribution in [0.1, 0.15) is 35.1 Å². The standard InChI is InChI=1S/C26H29NO2/c1-21-11-9-12-22(2)26(21)29-18-10-17-25(28)27(19-23-13-5-3-6-14-23)20-24-15-7-4-8-16-24/h3-9,11-16H,10,17-20H2,1-2H3. The minimum absolute atomic E-state index is 0.155. The maximum absolute atomic E-state index is 13.0. The van der Waals surface area contributed by atoms with E-state index in [2.05, 4.69) is 50.2 Å². The van der Waals surface area contributed by atoms with Gasteiger partial charge in [-0.3, -0.25) is 4.79 Å². The maximum atomic E-state index is 13.0. The number of carbonyl (C=O) groups is 1. The monoisotopic (exact) mass is 387 g/mol. The average Bonchev–Trinajstić information content (AvgIpc) is 2.74. The quantitative estimate of drug-likeness (QED) is 0.441. The first-order valence-electron chi connectivity index (χ1n) is 10.2. The van der Waals surface area contributed by atoms with Crippen molar-refractivity contribution >= 4 is 5.91 Å². The van der Waals surface area contributed by atoms with Crippen molar-refractivity contribution in [2.45, 2.75) is 39.8 Å². The molecular formula is C26H29NO2. The van der Waals surface area contributed by atoms with Gasteiger partial charge in [0.25, 0.3) is 0 Å². The summed E-state index contributed by atoms with van der Waals surface area (Å²) in [6.45, 7) is 5.88. The summed E-state index contributed by atoms with van der Waals surface area (Å²) in [6.07, 6.45) is 1.18. The molecule has 0 aliphatic rings. The van der Waals surface area contributed by atoms with Gasteiger partial charge >= 0.3 is 0 Å². The lowest BCUT2D eigenvalue weighted by Crippen LogP contribution is -2.30. The summed E-state index contributed by atoms with van der Waals surface area (Å²) in [7, 11) is 0. The lowest BCUT2D eigenvalue weighted by Gasteiger charge is -2.23. The van der Waals surface area contributed by atoms with Crippen LogP contribution in [0.4, 0.5) is 0 Å². The summed E-state index contributed by atoms with van der Waals surface area (Å²) < 4.78 is 5.96. The van der Waals surface area contributed by atoms with Gasteiger partial charge < -0.3 is 9.64 Å². The summed E-state index contributed by atoms with van der Waals surface area (Å²) in [5, 5.41) is 0. The second-order valence-electron chi connectivity index (χ2n) is 7.39. The Morgan fingerprint density at radius 1 is 0.759 bits per heavy atom. The van der Waals surface area contributed by atoms with Gasteiger partial charge in [0.15, 0.2) is 0 Å². The Labute approximate surface area is 174 Å². The van der Waals surface area contributed by atoms with Crippen molar-refractivity contribution in [2.24, 2.45) is 0 Å². The molecule has 150 valence electrons. The van der Waals surface area contributed by atoms with Crippen LogP contribution in [0, 0.1) is 13.8 Å². The summed E-state index contributed by atoms with van der Waals surface area (Å²) >= 11 is 0. The van der Waals surface area contributed by atoms with Gasteiger partial charge in [0, 0.05) is 19.5 Å². The zero-order chi connectivity index (χ0) is 20.5. The highest BCUT2D eigenvalue weighted by molar-refractivity contribution is 5.76. The number of amides is 1. The van der Waals surface area contributed by atoms with E-state index in [1.54, 1.807) is 0 Å². The molecule has 3 heteroatoms. The van der Waals surface area contributed by atoms with Crippen LogP contribution in [0.5, 0.6) is 5.75 Å². The molecule has 29 heavy (non-hydrogen) atoms. The van der Waals surface area contributed by atoms with Gasteiger partial charge in [-0.15, -0.1) is 0 Å². The van der Waals surface area contributed by atoms with Crippen molar-refractivity contribution < 1.29 is 9.53 Å². The SMILES string of the molecule is Cc1cccc(C)c1OCCCC(=O)N(Cc1ccccc1)Cc1ccccc1. The third kappa shape index (κ3) is 6.21. The molecular weight excluding hydrogens is 358 g/mol. The summed E-state index contributed by atoms with van der Waals surface area (Å²) in [5.74, 6) is 1.09. The highest BCUT2D eigenvalue weighted by Gasteiger charge is 2.15. The molecule has 0 aromatic heterocycles. The molecule has 3 aromatic rings. The minimum atomic E-state index is 0.155. The highest BCUT2D eigenvalue weighted by atomic mass is 16.5. The molecule has 0 bridgehead atoms. The van der Waals surface area contributed by atoms with Crippen molar-refractivity contribution in [3.63, 3.8) is 0 Å². The number of benzene rings is 3. The lowest BCUT2D eigenvalue weighted by molar-refractivity contribution is -0.132. The molecule has 3 rings (SSSR count). The molecule has 3 aromatic carbocycles. The van der Waals surface area contributed by atoms with E-state index in [0.717, 1.165) is 28.0 Å². The normalized spacial score (nSPS) is 10.6. The van der Waals surface area contributed by atoms with Crippen LogP contribution in [0.2, 0.25) is 0 Å². The second kappa shape index (κ2) is 10.5. The molecule has 0 saturated carbocycles. The molecule has 0 fully saturated rings. The Morgan fingerprint density at radius 2 is 1.28 bits per heavy atom. The minimum Gasteiger partial charge on any atom is -0.493 e. The first-order valence-corrected chi connectivity index (χ1v) is 10.2. The van der Waals surface area contributed by atoms with Gasteiger partial charge in [-0.25, -0.2) is 0 Å². The van der Waals surface area contributed by atoms with Crippen molar-refractivity contribution in [3.05, 3.63) is 101 Å². The Morgan fingerprint density at radius 3 is 1.79 bits per heavy atom. The van der Waals surface area contributed by atoms with Gasteiger partial charge in [0.1, 0.15) is 5.75 Å². The molecule has 0 unspecified atom stereocenters. The molecule has 0 spiro atoms. The van der Waals surface area contributed by atoms with Crippen molar-refractivity contribution in [1.82, 2.24) is 4.90 Å². The second-order valence-corrected chi connectivity index (χ2v) is 7.39. The van der Waals surface area contributed by atoms with Gasteiger partial charge in [-0.1, -0.05) is 78.9 Å². The zero-order valence-corrected chi connectivity index (χ0v) is 17.3. The number of carbonyl (C=O) groups excluding carboxylic acids is 1. The van der Waals surface area contributed by atoms with E-state index in [1.807, 2.05) is 47.4 Å². The molecule has 0 N–H and O–H groups in total. The van der Waals surface area contributed by atoms with Crippen LogP contribution in [-0.4, -0.2) is 17.4 Å². The van der Waals surface area contributed by atoms with E-state index >= 15 is 0 Å². The Hall–Kier alpha value is -3.07. The van der Waals surface area contributed by atoms with Gasteiger partial charge in [0.05, 0.1) is 6.61 Å². The van der Waals surface area contributed by atoms with Gasteiger partial charge in [-0.2, -0.15) is 0 Å².